The molecule has 10 heteroatoms. The number of rotatable bonds is 11. The second-order valence-corrected chi connectivity index (χ2v) is 11.7. The van der Waals surface area contributed by atoms with Gasteiger partial charge in [0.25, 0.3) is 5.91 Å². The molecule has 3 aromatic rings. The molecule has 40 heavy (non-hydrogen) atoms. The Morgan fingerprint density at radius 2 is 1.60 bits per heavy atom. The molecule has 4 rings (SSSR count). The van der Waals surface area contributed by atoms with E-state index in [0.29, 0.717) is 62.1 Å². The average Bonchev–Trinajstić information content (AvgIpc) is 2.99. The third-order valence-corrected chi connectivity index (χ3v) is 9.02. The summed E-state index contributed by atoms with van der Waals surface area (Å²) in [6, 6.07) is 21.0. The summed E-state index contributed by atoms with van der Waals surface area (Å²) in [7, 11) is -0.358. The van der Waals surface area contributed by atoms with Crippen molar-refractivity contribution in [3.8, 4) is 11.5 Å². The van der Waals surface area contributed by atoms with Gasteiger partial charge >= 0.3 is 0 Å². The van der Waals surface area contributed by atoms with Crippen LogP contribution in [0.4, 0.5) is 0 Å². The maximum absolute atomic E-state index is 13.5. The van der Waals surface area contributed by atoms with Crippen LogP contribution >= 0.6 is 11.6 Å². The van der Waals surface area contributed by atoms with Crippen LogP contribution in [0.3, 0.4) is 0 Å². The summed E-state index contributed by atoms with van der Waals surface area (Å²) in [5.74, 6) is 1.36. The van der Waals surface area contributed by atoms with Crippen molar-refractivity contribution in [2.45, 2.75) is 4.90 Å². The molecule has 0 spiro atoms. The van der Waals surface area contributed by atoms with Crippen LogP contribution in [0.2, 0.25) is 5.02 Å². The number of sulfonamides is 1. The minimum atomic E-state index is -3.58. The number of benzene rings is 3. The molecule has 1 heterocycles. The number of carbonyl (C=O) groups is 1. The Hall–Kier alpha value is -3.37. The van der Waals surface area contributed by atoms with Gasteiger partial charge in [-0.1, -0.05) is 42.0 Å². The number of amides is 1. The molecule has 212 valence electrons. The second-order valence-electron chi connectivity index (χ2n) is 9.32. The molecule has 0 aromatic heterocycles. The monoisotopic (exact) mass is 583 g/mol. The molecule has 3 aromatic carbocycles. The van der Waals surface area contributed by atoms with Crippen molar-refractivity contribution >= 4 is 33.6 Å². The van der Waals surface area contributed by atoms with Crippen LogP contribution < -0.4 is 9.47 Å². The van der Waals surface area contributed by atoms with Crippen molar-refractivity contribution in [3.05, 3.63) is 95.0 Å². The number of carbonyl (C=O) groups excluding carboxylic acids is 1. The van der Waals surface area contributed by atoms with Crippen LogP contribution in [-0.2, 0) is 10.0 Å². The van der Waals surface area contributed by atoms with Gasteiger partial charge in [-0.3, -0.25) is 9.69 Å². The Kier molecular flexibility index (Phi) is 10.2. The zero-order chi connectivity index (χ0) is 28.5. The van der Waals surface area contributed by atoms with E-state index in [1.54, 1.807) is 55.5 Å². The number of para-hydroxylation sites is 1. The first kappa shape index (κ1) is 29.6. The summed E-state index contributed by atoms with van der Waals surface area (Å²) in [5, 5.41) is 0.496. The summed E-state index contributed by atoms with van der Waals surface area (Å²) < 4.78 is 38.2. The zero-order valence-corrected chi connectivity index (χ0v) is 24.3. The molecule has 0 atom stereocenters. The number of ether oxygens (including phenoxy) is 2. The van der Waals surface area contributed by atoms with Gasteiger partial charge in [-0.15, -0.1) is 0 Å². The third kappa shape index (κ3) is 7.42. The van der Waals surface area contributed by atoms with Gasteiger partial charge in [-0.25, -0.2) is 8.42 Å². The standard InChI is InChI=1S/C30H34ClN3O5S/c1-38-27-13-9-25(10-14-27)30(35)33(17-5-7-24-6-3-4-8-29(24)39-2)21-18-32-19-22-34(23-20-32)40(36,37)28-15-11-26(31)12-16-28/h3-16H,17-23H2,1-2H3/b7-5+. The fraction of sp³-hybridized carbons (Fsp3) is 0.300. The lowest BCUT2D eigenvalue weighted by molar-refractivity contribution is 0.0745. The minimum absolute atomic E-state index is 0.0868. The summed E-state index contributed by atoms with van der Waals surface area (Å²) >= 11 is 5.92. The highest BCUT2D eigenvalue weighted by molar-refractivity contribution is 7.89. The van der Waals surface area contributed by atoms with E-state index < -0.39 is 10.0 Å². The Bertz CT molecular complexity index is 1400. The van der Waals surface area contributed by atoms with E-state index in [0.717, 1.165) is 11.3 Å². The van der Waals surface area contributed by atoms with Crippen molar-refractivity contribution < 1.29 is 22.7 Å². The van der Waals surface area contributed by atoms with Gasteiger partial charge < -0.3 is 14.4 Å². The Morgan fingerprint density at radius 1 is 0.925 bits per heavy atom. The molecule has 0 N–H and O–H groups in total. The summed E-state index contributed by atoms with van der Waals surface area (Å²) in [6.07, 6.45) is 3.91. The summed E-state index contributed by atoms with van der Waals surface area (Å²) in [6.45, 7) is 3.44. The molecule has 0 radical (unpaired) electrons. The fourth-order valence-electron chi connectivity index (χ4n) is 4.51. The lowest BCUT2D eigenvalue weighted by Gasteiger charge is -2.35. The number of halogens is 1. The van der Waals surface area contributed by atoms with Gasteiger partial charge in [0.2, 0.25) is 10.0 Å². The summed E-state index contributed by atoms with van der Waals surface area (Å²) in [4.78, 5) is 17.7. The highest BCUT2D eigenvalue weighted by atomic mass is 35.5. The molecule has 1 aliphatic heterocycles. The fourth-order valence-corrected chi connectivity index (χ4v) is 6.06. The molecule has 1 saturated heterocycles. The Balaban J connectivity index is 1.40. The van der Waals surface area contributed by atoms with Gasteiger partial charge in [-0.2, -0.15) is 4.31 Å². The number of piperazine rings is 1. The van der Waals surface area contributed by atoms with Crippen LogP contribution in [0.5, 0.6) is 11.5 Å². The van der Waals surface area contributed by atoms with Gasteiger partial charge in [0, 0.05) is 62.0 Å². The van der Waals surface area contributed by atoms with Crippen molar-refractivity contribution in [1.82, 2.24) is 14.1 Å². The first-order valence-corrected chi connectivity index (χ1v) is 14.8. The maximum atomic E-state index is 13.5. The van der Waals surface area contributed by atoms with E-state index in [1.807, 2.05) is 36.4 Å². The van der Waals surface area contributed by atoms with E-state index in [4.69, 9.17) is 21.1 Å². The van der Waals surface area contributed by atoms with Gasteiger partial charge in [-0.05, 0) is 54.6 Å². The quantitative estimate of drug-likeness (QED) is 0.330. The molecule has 0 aliphatic carbocycles. The van der Waals surface area contributed by atoms with Crippen LogP contribution in [0.15, 0.2) is 83.8 Å². The SMILES string of the molecule is COc1ccc(C(=O)N(C/C=C/c2ccccc2OC)CCN2CCN(S(=O)(=O)c3ccc(Cl)cc3)CC2)cc1. The third-order valence-electron chi connectivity index (χ3n) is 6.86. The molecule has 1 aliphatic rings. The highest BCUT2D eigenvalue weighted by Gasteiger charge is 2.28. The Labute approximate surface area is 241 Å². The lowest BCUT2D eigenvalue weighted by Crippen LogP contribution is -2.50. The zero-order valence-electron chi connectivity index (χ0n) is 22.7. The lowest BCUT2D eigenvalue weighted by atomic mass is 10.1. The number of hydrogen-bond donors (Lipinski definition) is 0. The summed E-state index contributed by atoms with van der Waals surface area (Å²) in [5.41, 5.74) is 1.50. The minimum Gasteiger partial charge on any atom is -0.497 e. The normalized spacial score (nSPS) is 14.8. The van der Waals surface area contributed by atoms with Crippen LogP contribution in [0.1, 0.15) is 15.9 Å². The van der Waals surface area contributed by atoms with Gasteiger partial charge in [0.15, 0.2) is 0 Å². The second kappa shape index (κ2) is 13.8. The van der Waals surface area contributed by atoms with E-state index in [1.165, 1.54) is 16.4 Å². The smallest absolute Gasteiger partial charge is 0.254 e. The van der Waals surface area contributed by atoms with Crippen LogP contribution in [-0.4, -0.2) is 88.5 Å². The number of hydrogen-bond acceptors (Lipinski definition) is 6. The van der Waals surface area contributed by atoms with Gasteiger partial charge in [0.1, 0.15) is 11.5 Å². The van der Waals surface area contributed by atoms with Crippen LogP contribution in [0, 0.1) is 0 Å². The molecular weight excluding hydrogens is 550 g/mol. The molecule has 1 fully saturated rings. The number of methoxy groups -OCH3 is 2. The first-order valence-electron chi connectivity index (χ1n) is 13.0. The Morgan fingerprint density at radius 3 is 2.25 bits per heavy atom. The van der Waals surface area contributed by atoms with E-state index >= 15 is 0 Å². The van der Waals surface area contributed by atoms with Crippen molar-refractivity contribution in [1.29, 1.82) is 0 Å². The predicted octanol–water partition coefficient (Wildman–Crippen LogP) is 4.52. The molecule has 0 saturated carbocycles. The van der Waals surface area contributed by atoms with Crippen LogP contribution in [0.25, 0.3) is 6.08 Å². The van der Waals surface area contributed by atoms with E-state index in [-0.39, 0.29) is 10.8 Å². The molecule has 0 bridgehead atoms. The van der Waals surface area contributed by atoms with E-state index in [2.05, 4.69) is 4.90 Å². The van der Waals surface area contributed by atoms with E-state index in [9.17, 15) is 13.2 Å². The van der Waals surface area contributed by atoms with Crippen molar-refractivity contribution in [2.75, 3.05) is 60.0 Å². The molecule has 0 unspecified atom stereocenters. The topological polar surface area (TPSA) is 79.4 Å². The average molecular weight is 584 g/mol. The highest BCUT2D eigenvalue weighted by Crippen LogP contribution is 2.21. The molecule has 8 nitrogen and oxygen atoms in total. The van der Waals surface area contributed by atoms with Gasteiger partial charge in [0.05, 0.1) is 19.1 Å². The predicted molar refractivity (Wildman–Crippen MR) is 158 cm³/mol. The largest absolute Gasteiger partial charge is 0.497 e. The first-order chi connectivity index (χ1) is 19.3. The number of nitrogens with zero attached hydrogens (tertiary/aromatic N) is 3. The molecular formula is C30H34ClN3O5S. The van der Waals surface area contributed by atoms with Crippen molar-refractivity contribution in [3.63, 3.8) is 0 Å². The molecule has 1 amide bonds. The maximum Gasteiger partial charge on any atom is 0.254 e. The van der Waals surface area contributed by atoms with Crippen molar-refractivity contribution in [2.24, 2.45) is 0 Å².